The van der Waals surface area contributed by atoms with E-state index in [4.69, 9.17) is 5.73 Å². The van der Waals surface area contributed by atoms with Gasteiger partial charge in [0.2, 0.25) is 0 Å². The molecule has 0 heterocycles. The first-order chi connectivity index (χ1) is 8.24. The van der Waals surface area contributed by atoms with Crippen LogP contribution in [0.15, 0.2) is 18.2 Å². The van der Waals surface area contributed by atoms with Crippen LogP contribution in [-0.2, 0) is 6.42 Å². The van der Waals surface area contributed by atoms with Crippen molar-refractivity contribution in [1.82, 2.24) is 5.32 Å². The van der Waals surface area contributed by atoms with E-state index in [0.717, 1.165) is 31.2 Å². The third kappa shape index (κ3) is 1.95. The standard InChI is InChI=1S/C14H18N2O/c15-13-7-5-9-8-10(4-6-12(9)13)14(17)16-11-2-1-3-11/h4,6,8,11,13H,1-3,5,7,15H2,(H,16,17)/t13-/m1/s1. The van der Waals surface area contributed by atoms with Crippen molar-refractivity contribution in [3.8, 4) is 0 Å². The van der Waals surface area contributed by atoms with Crippen LogP contribution in [-0.4, -0.2) is 11.9 Å². The van der Waals surface area contributed by atoms with Gasteiger partial charge in [-0.1, -0.05) is 6.07 Å². The maximum Gasteiger partial charge on any atom is 0.251 e. The third-order valence-electron chi connectivity index (χ3n) is 3.97. The Morgan fingerprint density at radius 2 is 2.12 bits per heavy atom. The summed E-state index contributed by atoms with van der Waals surface area (Å²) < 4.78 is 0. The van der Waals surface area contributed by atoms with Gasteiger partial charge in [0.1, 0.15) is 0 Å². The minimum atomic E-state index is 0.0676. The zero-order valence-corrected chi connectivity index (χ0v) is 9.91. The lowest BCUT2D eigenvalue weighted by molar-refractivity contribution is 0.0917. The number of amides is 1. The van der Waals surface area contributed by atoms with Crippen molar-refractivity contribution in [1.29, 1.82) is 0 Å². The van der Waals surface area contributed by atoms with Crippen LogP contribution < -0.4 is 11.1 Å². The van der Waals surface area contributed by atoms with E-state index in [0.29, 0.717) is 6.04 Å². The minimum absolute atomic E-state index is 0.0676. The molecule has 3 heteroatoms. The molecule has 0 radical (unpaired) electrons. The number of carbonyl (C=O) groups excluding carboxylic acids is 1. The van der Waals surface area contributed by atoms with Gasteiger partial charge >= 0.3 is 0 Å². The van der Waals surface area contributed by atoms with Gasteiger partial charge in [0.15, 0.2) is 0 Å². The van der Waals surface area contributed by atoms with Gasteiger partial charge in [-0.05, 0) is 55.4 Å². The van der Waals surface area contributed by atoms with Crippen molar-refractivity contribution in [3.05, 3.63) is 34.9 Å². The van der Waals surface area contributed by atoms with E-state index in [1.54, 1.807) is 0 Å². The third-order valence-corrected chi connectivity index (χ3v) is 3.97. The average Bonchev–Trinajstić information content (AvgIpc) is 2.65. The smallest absolute Gasteiger partial charge is 0.251 e. The Bertz CT molecular complexity index is 452. The molecular formula is C14H18N2O. The normalized spacial score (nSPS) is 23.0. The van der Waals surface area contributed by atoms with Crippen molar-refractivity contribution >= 4 is 5.91 Å². The molecule has 2 aliphatic rings. The molecule has 3 nitrogen and oxygen atoms in total. The van der Waals surface area contributed by atoms with E-state index >= 15 is 0 Å². The summed E-state index contributed by atoms with van der Waals surface area (Å²) >= 11 is 0. The largest absolute Gasteiger partial charge is 0.349 e. The number of hydrogen-bond donors (Lipinski definition) is 2. The molecule has 1 atom stereocenters. The van der Waals surface area contributed by atoms with Crippen LogP contribution in [0.1, 0.15) is 53.2 Å². The van der Waals surface area contributed by atoms with E-state index in [9.17, 15) is 4.79 Å². The van der Waals surface area contributed by atoms with Crippen molar-refractivity contribution in [2.45, 2.75) is 44.2 Å². The number of aryl methyl sites for hydroxylation is 1. The molecule has 1 fully saturated rings. The second-order valence-corrected chi connectivity index (χ2v) is 5.16. The highest BCUT2D eigenvalue weighted by Crippen LogP contribution is 2.29. The van der Waals surface area contributed by atoms with E-state index in [1.807, 2.05) is 18.2 Å². The van der Waals surface area contributed by atoms with E-state index in [2.05, 4.69) is 5.32 Å². The molecule has 0 unspecified atom stereocenters. The number of carbonyl (C=O) groups is 1. The zero-order chi connectivity index (χ0) is 11.8. The molecular weight excluding hydrogens is 212 g/mol. The number of nitrogens with two attached hydrogens (primary N) is 1. The number of rotatable bonds is 2. The maximum atomic E-state index is 12.0. The van der Waals surface area contributed by atoms with Crippen LogP contribution in [0.4, 0.5) is 0 Å². The summed E-state index contributed by atoms with van der Waals surface area (Å²) in [5, 5.41) is 3.06. The highest BCUT2D eigenvalue weighted by molar-refractivity contribution is 5.94. The fourth-order valence-electron chi connectivity index (χ4n) is 2.61. The maximum absolute atomic E-state index is 12.0. The van der Waals surface area contributed by atoms with Crippen LogP contribution >= 0.6 is 0 Å². The minimum Gasteiger partial charge on any atom is -0.349 e. The average molecular weight is 230 g/mol. The fraction of sp³-hybridized carbons (Fsp3) is 0.500. The highest BCUT2D eigenvalue weighted by Gasteiger charge is 2.23. The molecule has 1 amide bonds. The van der Waals surface area contributed by atoms with Gasteiger partial charge < -0.3 is 11.1 Å². The number of benzene rings is 1. The van der Waals surface area contributed by atoms with Crippen molar-refractivity contribution < 1.29 is 4.79 Å². The van der Waals surface area contributed by atoms with Crippen LogP contribution in [0, 0.1) is 0 Å². The molecule has 1 aromatic carbocycles. The number of fused-ring (bicyclic) bond motifs is 1. The van der Waals surface area contributed by atoms with Gasteiger partial charge in [0, 0.05) is 17.6 Å². The summed E-state index contributed by atoms with van der Waals surface area (Å²) in [4.78, 5) is 12.0. The SMILES string of the molecule is N[C@@H]1CCc2cc(C(=O)NC3CCC3)ccc21. The lowest BCUT2D eigenvalue weighted by atomic mass is 9.93. The van der Waals surface area contributed by atoms with E-state index in [1.165, 1.54) is 17.5 Å². The van der Waals surface area contributed by atoms with Gasteiger partial charge in [0.05, 0.1) is 0 Å². The quantitative estimate of drug-likeness (QED) is 0.815. The van der Waals surface area contributed by atoms with Gasteiger partial charge in [-0.15, -0.1) is 0 Å². The molecule has 0 saturated heterocycles. The predicted octanol–water partition coefficient (Wildman–Crippen LogP) is 1.91. The summed E-state index contributed by atoms with van der Waals surface area (Å²) in [5.41, 5.74) is 9.23. The van der Waals surface area contributed by atoms with E-state index in [-0.39, 0.29) is 11.9 Å². The van der Waals surface area contributed by atoms with Crippen molar-refractivity contribution in [2.75, 3.05) is 0 Å². The first-order valence-corrected chi connectivity index (χ1v) is 6.43. The number of nitrogens with one attached hydrogen (secondary N) is 1. The monoisotopic (exact) mass is 230 g/mol. The molecule has 90 valence electrons. The van der Waals surface area contributed by atoms with Crippen LogP contribution in [0.2, 0.25) is 0 Å². The van der Waals surface area contributed by atoms with E-state index < -0.39 is 0 Å². The molecule has 0 bridgehead atoms. The zero-order valence-electron chi connectivity index (χ0n) is 9.91. The highest BCUT2D eigenvalue weighted by atomic mass is 16.1. The molecule has 17 heavy (non-hydrogen) atoms. The Hall–Kier alpha value is -1.35. The van der Waals surface area contributed by atoms with Crippen LogP contribution in [0.25, 0.3) is 0 Å². The second kappa shape index (κ2) is 4.15. The van der Waals surface area contributed by atoms with Crippen LogP contribution in [0.5, 0.6) is 0 Å². The number of hydrogen-bond acceptors (Lipinski definition) is 2. The summed E-state index contributed by atoms with van der Waals surface area (Å²) in [6, 6.07) is 6.49. The molecule has 0 spiro atoms. The Morgan fingerprint density at radius 3 is 2.82 bits per heavy atom. The molecule has 0 aromatic heterocycles. The molecule has 3 rings (SSSR count). The molecule has 1 aromatic rings. The Kier molecular flexibility index (Phi) is 2.63. The topological polar surface area (TPSA) is 55.1 Å². The second-order valence-electron chi connectivity index (χ2n) is 5.16. The van der Waals surface area contributed by atoms with Crippen molar-refractivity contribution in [3.63, 3.8) is 0 Å². The Labute approximate surface area is 101 Å². The fourth-order valence-corrected chi connectivity index (χ4v) is 2.61. The summed E-state index contributed by atoms with van der Waals surface area (Å²) in [6.07, 6.45) is 5.50. The molecule has 2 aliphatic carbocycles. The summed E-state index contributed by atoms with van der Waals surface area (Å²) in [5.74, 6) is 0.0676. The predicted molar refractivity (Wildman–Crippen MR) is 66.8 cm³/mol. The Morgan fingerprint density at radius 1 is 1.29 bits per heavy atom. The first-order valence-electron chi connectivity index (χ1n) is 6.43. The van der Waals surface area contributed by atoms with Gasteiger partial charge in [-0.3, -0.25) is 4.79 Å². The molecule has 3 N–H and O–H groups in total. The first kappa shape index (κ1) is 10.8. The molecule has 0 aliphatic heterocycles. The summed E-state index contributed by atoms with van der Waals surface area (Å²) in [7, 11) is 0. The lowest BCUT2D eigenvalue weighted by Crippen LogP contribution is -2.39. The van der Waals surface area contributed by atoms with Gasteiger partial charge in [-0.2, -0.15) is 0 Å². The van der Waals surface area contributed by atoms with Crippen molar-refractivity contribution in [2.24, 2.45) is 5.73 Å². The van der Waals surface area contributed by atoms with Crippen LogP contribution in [0.3, 0.4) is 0 Å². The summed E-state index contributed by atoms with van der Waals surface area (Å²) in [6.45, 7) is 0. The van der Waals surface area contributed by atoms with Gasteiger partial charge in [0.25, 0.3) is 5.91 Å². The lowest BCUT2D eigenvalue weighted by Gasteiger charge is -2.26. The van der Waals surface area contributed by atoms with Gasteiger partial charge in [-0.25, -0.2) is 0 Å². The molecule has 1 saturated carbocycles. The Balaban J connectivity index is 1.77.